The van der Waals surface area contributed by atoms with Crippen LogP contribution in [0, 0.1) is 5.41 Å². The molecule has 1 heterocycles. The summed E-state index contributed by atoms with van der Waals surface area (Å²) in [6, 6.07) is 9.59. The maximum Gasteiger partial charge on any atom is 0.264 e. The summed E-state index contributed by atoms with van der Waals surface area (Å²) in [5.41, 5.74) is 0.972. The Morgan fingerprint density at radius 1 is 1.29 bits per heavy atom. The van der Waals surface area contributed by atoms with Gasteiger partial charge in [-0.25, -0.2) is 0 Å². The molecule has 70 valence electrons. The van der Waals surface area contributed by atoms with Crippen LogP contribution in [0.1, 0.15) is 5.56 Å². The Balaban J connectivity index is 2.28. The number of carbonyl (C=O) groups is 1. The van der Waals surface area contributed by atoms with Crippen molar-refractivity contribution < 1.29 is 4.79 Å². The molecule has 1 aliphatic heterocycles. The van der Waals surface area contributed by atoms with Crippen LogP contribution < -0.4 is 5.32 Å². The third-order valence-corrected chi connectivity index (χ3v) is 2.59. The lowest BCUT2D eigenvalue weighted by Crippen LogP contribution is -2.18. The largest absolute Gasteiger partial charge is 0.301 e. The standard InChI is InChI=1S/C10H8N2OS/c11-10-12-9(13)8(14-10)6-7-4-2-1-3-5-7/h1-6H,(H2,11,12,13)/b8-6-. The van der Waals surface area contributed by atoms with Gasteiger partial charge in [-0.3, -0.25) is 10.2 Å². The van der Waals surface area contributed by atoms with Crippen LogP contribution >= 0.6 is 11.8 Å². The van der Waals surface area contributed by atoms with Gasteiger partial charge in [0.2, 0.25) is 0 Å². The molecule has 14 heavy (non-hydrogen) atoms. The molecule has 1 aliphatic rings. The van der Waals surface area contributed by atoms with Crippen LogP contribution in [0.4, 0.5) is 0 Å². The summed E-state index contributed by atoms with van der Waals surface area (Å²) >= 11 is 1.15. The van der Waals surface area contributed by atoms with Gasteiger partial charge in [-0.1, -0.05) is 30.3 Å². The van der Waals surface area contributed by atoms with E-state index in [1.165, 1.54) is 0 Å². The van der Waals surface area contributed by atoms with Crippen molar-refractivity contribution in [2.75, 3.05) is 0 Å². The number of hydrogen-bond donors (Lipinski definition) is 2. The van der Waals surface area contributed by atoms with Gasteiger partial charge >= 0.3 is 0 Å². The number of amidine groups is 1. The van der Waals surface area contributed by atoms with Gasteiger partial charge in [-0.2, -0.15) is 0 Å². The van der Waals surface area contributed by atoms with Crippen molar-refractivity contribution in [2.24, 2.45) is 0 Å². The highest BCUT2D eigenvalue weighted by Crippen LogP contribution is 2.24. The molecule has 1 aromatic carbocycles. The Bertz CT molecular complexity index is 411. The molecule has 0 unspecified atom stereocenters. The highest BCUT2D eigenvalue weighted by atomic mass is 32.2. The first-order valence-electron chi connectivity index (χ1n) is 4.10. The second kappa shape index (κ2) is 3.67. The highest BCUT2D eigenvalue weighted by Gasteiger charge is 2.21. The van der Waals surface area contributed by atoms with E-state index >= 15 is 0 Å². The number of thioether (sulfide) groups is 1. The first-order valence-corrected chi connectivity index (χ1v) is 4.92. The maximum atomic E-state index is 11.2. The molecule has 4 heteroatoms. The van der Waals surface area contributed by atoms with Crippen LogP contribution in [0.25, 0.3) is 6.08 Å². The van der Waals surface area contributed by atoms with Gasteiger partial charge in [0.25, 0.3) is 5.91 Å². The van der Waals surface area contributed by atoms with E-state index in [1.807, 2.05) is 30.3 Å². The molecule has 1 saturated heterocycles. The molecule has 0 atom stereocenters. The lowest BCUT2D eigenvalue weighted by atomic mass is 10.2. The monoisotopic (exact) mass is 204 g/mol. The summed E-state index contributed by atoms with van der Waals surface area (Å²) in [7, 11) is 0. The lowest BCUT2D eigenvalue weighted by molar-refractivity contribution is -0.115. The molecule has 0 aromatic heterocycles. The van der Waals surface area contributed by atoms with E-state index in [4.69, 9.17) is 5.41 Å². The van der Waals surface area contributed by atoms with Gasteiger partial charge in [-0.15, -0.1) is 0 Å². The third kappa shape index (κ3) is 1.85. The van der Waals surface area contributed by atoms with Gasteiger partial charge in [0.05, 0.1) is 4.91 Å². The smallest absolute Gasteiger partial charge is 0.264 e. The molecule has 0 saturated carbocycles. The predicted octanol–water partition coefficient (Wildman–Crippen LogP) is 1.83. The molecular weight excluding hydrogens is 196 g/mol. The summed E-state index contributed by atoms with van der Waals surface area (Å²) in [4.78, 5) is 11.8. The first kappa shape index (κ1) is 9.02. The molecule has 0 bridgehead atoms. The second-order valence-electron chi connectivity index (χ2n) is 2.80. The molecule has 0 spiro atoms. The van der Waals surface area contributed by atoms with Gasteiger partial charge in [0.15, 0.2) is 5.17 Å². The van der Waals surface area contributed by atoms with Gasteiger partial charge in [0, 0.05) is 0 Å². The van der Waals surface area contributed by atoms with Crippen molar-refractivity contribution in [3.63, 3.8) is 0 Å². The molecule has 1 aromatic rings. The van der Waals surface area contributed by atoms with Gasteiger partial charge < -0.3 is 5.32 Å². The van der Waals surface area contributed by atoms with Crippen molar-refractivity contribution in [2.45, 2.75) is 0 Å². The van der Waals surface area contributed by atoms with Crippen LogP contribution in [0.3, 0.4) is 0 Å². The van der Waals surface area contributed by atoms with E-state index < -0.39 is 0 Å². The Kier molecular flexibility index (Phi) is 2.37. The number of rotatable bonds is 1. The van der Waals surface area contributed by atoms with Crippen LogP contribution in [0.15, 0.2) is 35.2 Å². The average Bonchev–Trinajstić information content (AvgIpc) is 2.47. The number of amides is 1. The minimum absolute atomic E-state index is 0.191. The fourth-order valence-corrected chi connectivity index (χ4v) is 1.84. The Morgan fingerprint density at radius 3 is 2.57 bits per heavy atom. The number of carbonyl (C=O) groups excluding carboxylic acids is 1. The highest BCUT2D eigenvalue weighted by molar-refractivity contribution is 8.18. The number of nitrogens with one attached hydrogen (secondary N) is 2. The summed E-state index contributed by atoms with van der Waals surface area (Å²) in [6.45, 7) is 0. The van der Waals surface area contributed by atoms with Crippen LogP contribution in [-0.2, 0) is 4.79 Å². The van der Waals surface area contributed by atoms with Gasteiger partial charge in [-0.05, 0) is 23.4 Å². The van der Waals surface area contributed by atoms with Crippen molar-refractivity contribution in [1.82, 2.24) is 5.32 Å². The van der Waals surface area contributed by atoms with E-state index in [0.29, 0.717) is 4.91 Å². The summed E-state index contributed by atoms with van der Waals surface area (Å²) in [5.74, 6) is -0.191. The van der Waals surface area contributed by atoms with E-state index in [0.717, 1.165) is 17.3 Å². The summed E-state index contributed by atoms with van der Waals surface area (Å²) in [5, 5.41) is 9.88. The molecule has 2 N–H and O–H groups in total. The second-order valence-corrected chi connectivity index (χ2v) is 3.86. The van der Waals surface area contributed by atoms with Crippen molar-refractivity contribution in [3.8, 4) is 0 Å². The normalized spacial score (nSPS) is 18.7. The SMILES string of the molecule is N=C1NC(=O)/C(=C/c2ccccc2)S1. The zero-order valence-corrected chi connectivity index (χ0v) is 8.10. The predicted molar refractivity (Wildman–Crippen MR) is 57.9 cm³/mol. The number of benzene rings is 1. The molecule has 0 radical (unpaired) electrons. The minimum Gasteiger partial charge on any atom is -0.301 e. The van der Waals surface area contributed by atoms with Crippen LogP contribution in [0.5, 0.6) is 0 Å². The Hall–Kier alpha value is -1.55. The van der Waals surface area contributed by atoms with Crippen molar-refractivity contribution >= 4 is 28.9 Å². The summed E-state index contributed by atoms with van der Waals surface area (Å²) in [6.07, 6.45) is 1.78. The van der Waals surface area contributed by atoms with E-state index in [-0.39, 0.29) is 11.1 Å². The van der Waals surface area contributed by atoms with Crippen LogP contribution in [0.2, 0.25) is 0 Å². The zero-order valence-electron chi connectivity index (χ0n) is 7.28. The molecule has 3 nitrogen and oxygen atoms in total. The average molecular weight is 204 g/mol. The Labute approximate surface area is 85.7 Å². The van der Waals surface area contributed by atoms with Crippen LogP contribution in [-0.4, -0.2) is 11.1 Å². The minimum atomic E-state index is -0.191. The lowest BCUT2D eigenvalue weighted by Gasteiger charge is -1.92. The van der Waals surface area contributed by atoms with E-state index in [1.54, 1.807) is 6.08 Å². The maximum absolute atomic E-state index is 11.2. The molecule has 1 amide bonds. The fourth-order valence-electron chi connectivity index (χ4n) is 1.14. The Morgan fingerprint density at radius 2 is 2.00 bits per heavy atom. The molecule has 2 rings (SSSR count). The molecule has 1 fully saturated rings. The molecular formula is C10H8N2OS. The molecule has 0 aliphatic carbocycles. The first-order chi connectivity index (χ1) is 6.75. The number of hydrogen-bond acceptors (Lipinski definition) is 3. The topological polar surface area (TPSA) is 53.0 Å². The summed E-state index contributed by atoms with van der Waals surface area (Å²) < 4.78 is 0. The third-order valence-electron chi connectivity index (χ3n) is 1.76. The quantitative estimate of drug-likeness (QED) is 0.686. The van der Waals surface area contributed by atoms with Crippen molar-refractivity contribution in [3.05, 3.63) is 40.8 Å². The van der Waals surface area contributed by atoms with E-state index in [9.17, 15) is 4.79 Å². The van der Waals surface area contributed by atoms with Gasteiger partial charge in [0.1, 0.15) is 0 Å². The van der Waals surface area contributed by atoms with E-state index in [2.05, 4.69) is 5.32 Å². The fraction of sp³-hybridized carbons (Fsp3) is 0. The van der Waals surface area contributed by atoms with Crippen molar-refractivity contribution in [1.29, 1.82) is 5.41 Å². The zero-order chi connectivity index (χ0) is 9.97.